The molecule has 0 saturated carbocycles. The lowest BCUT2D eigenvalue weighted by atomic mass is 9.82. The Hall–Kier alpha value is -2.44. The number of carbonyl (C=O) groups excluding carboxylic acids is 2. The summed E-state index contributed by atoms with van der Waals surface area (Å²) >= 11 is 0. The van der Waals surface area contributed by atoms with Gasteiger partial charge >= 0.3 is 18.4 Å². The predicted octanol–water partition coefficient (Wildman–Crippen LogP) is 2.02. The largest absolute Gasteiger partial charge is 0.454 e. The number of cyclic esters (lactones) is 2. The maximum Gasteiger partial charge on any atom is 0.329 e. The second-order valence-electron chi connectivity index (χ2n) is 5.14. The molecule has 22 heavy (non-hydrogen) atoms. The van der Waals surface area contributed by atoms with Crippen molar-refractivity contribution in [1.82, 2.24) is 0 Å². The molecule has 7 heteroatoms. The fourth-order valence-corrected chi connectivity index (χ4v) is 2.54. The predicted molar refractivity (Wildman–Crippen MR) is 75.2 cm³/mol. The molecule has 2 aliphatic heterocycles. The maximum atomic E-state index is 12.2. The van der Waals surface area contributed by atoms with Crippen LogP contribution < -0.4 is 14.8 Å². The van der Waals surface area contributed by atoms with Crippen LogP contribution in [0.1, 0.15) is 26.7 Å². The molecule has 0 unspecified atom stereocenters. The summed E-state index contributed by atoms with van der Waals surface area (Å²) in [5, 5.41) is 2.84. The Balaban J connectivity index is 1.73. The van der Waals surface area contributed by atoms with Crippen molar-refractivity contribution in [3.8, 4) is 11.5 Å². The van der Waals surface area contributed by atoms with Crippen LogP contribution in [0.3, 0.4) is 0 Å². The van der Waals surface area contributed by atoms with Gasteiger partial charge in [0.15, 0.2) is 16.9 Å². The fourth-order valence-electron chi connectivity index (χ4n) is 2.54. The number of anilines is 1. The highest BCUT2D eigenvalue weighted by Crippen LogP contribution is 2.37. The molecular formula is C15H17NO6. The van der Waals surface area contributed by atoms with Gasteiger partial charge in [-0.05, 0) is 25.0 Å². The Labute approximate surface area is 127 Å². The first-order valence-electron chi connectivity index (χ1n) is 7.17. The summed E-state index contributed by atoms with van der Waals surface area (Å²) in [5.41, 5.74) is -0.608. The summed E-state index contributed by atoms with van der Waals surface area (Å²) < 4.78 is 20.9. The van der Waals surface area contributed by atoms with Crippen LogP contribution in [-0.4, -0.2) is 25.1 Å². The Morgan fingerprint density at radius 2 is 1.73 bits per heavy atom. The van der Waals surface area contributed by atoms with Crippen molar-refractivity contribution < 1.29 is 28.5 Å². The van der Waals surface area contributed by atoms with Crippen LogP contribution in [0.4, 0.5) is 5.69 Å². The molecule has 0 aliphatic carbocycles. The molecular weight excluding hydrogens is 290 g/mol. The molecule has 2 heterocycles. The Morgan fingerprint density at radius 3 is 2.36 bits per heavy atom. The van der Waals surface area contributed by atoms with Gasteiger partial charge in [0.05, 0.1) is 0 Å². The number of carbonyl (C=O) groups is 2. The number of hydrogen-bond donors (Lipinski definition) is 1. The molecule has 118 valence electrons. The number of nitrogens with one attached hydrogen (secondary N) is 1. The Bertz CT molecular complexity index is 590. The minimum atomic E-state index is -1.20. The summed E-state index contributed by atoms with van der Waals surface area (Å²) in [4.78, 5) is 24.3. The number of esters is 2. The molecule has 0 amide bonds. The van der Waals surface area contributed by atoms with Crippen LogP contribution in [0, 0.1) is 5.41 Å². The van der Waals surface area contributed by atoms with Crippen molar-refractivity contribution in [1.29, 1.82) is 0 Å². The van der Waals surface area contributed by atoms with Gasteiger partial charge in [0.25, 0.3) is 0 Å². The molecule has 7 nitrogen and oxygen atoms in total. The average Bonchev–Trinajstić information content (AvgIpc) is 2.95. The molecule has 1 aromatic rings. The number of rotatable bonds is 4. The first-order valence-corrected chi connectivity index (χ1v) is 7.17. The lowest BCUT2D eigenvalue weighted by molar-refractivity contribution is -0.219. The molecule has 3 rings (SSSR count). The van der Waals surface area contributed by atoms with Crippen molar-refractivity contribution in [3.05, 3.63) is 18.2 Å². The van der Waals surface area contributed by atoms with E-state index in [1.807, 2.05) is 0 Å². The minimum Gasteiger partial charge on any atom is -0.454 e. The van der Waals surface area contributed by atoms with Crippen LogP contribution in [0.2, 0.25) is 0 Å². The molecule has 0 bridgehead atoms. The smallest absolute Gasteiger partial charge is 0.329 e. The average molecular weight is 307 g/mol. The third kappa shape index (κ3) is 2.22. The molecule has 1 saturated heterocycles. The highest BCUT2D eigenvalue weighted by Gasteiger charge is 2.51. The van der Waals surface area contributed by atoms with Crippen LogP contribution in [0.25, 0.3) is 0 Å². The van der Waals surface area contributed by atoms with Gasteiger partial charge in [-0.2, -0.15) is 0 Å². The zero-order chi connectivity index (χ0) is 15.7. The normalized spacial score (nSPS) is 19.5. The number of hydrogen-bond acceptors (Lipinski definition) is 7. The monoisotopic (exact) mass is 307 g/mol. The quantitative estimate of drug-likeness (QED) is 0.673. The molecule has 0 atom stereocenters. The van der Waals surface area contributed by atoms with Crippen molar-refractivity contribution in [2.24, 2.45) is 5.41 Å². The molecule has 2 aliphatic rings. The number of fused-ring (bicyclic) bond motifs is 1. The van der Waals surface area contributed by atoms with E-state index in [1.54, 1.807) is 32.0 Å². The van der Waals surface area contributed by atoms with E-state index in [4.69, 9.17) is 18.9 Å². The summed E-state index contributed by atoms with van der Waals surface area (Å²) in [5.74, 6) is 0.0908. The van der Waals surface area contributed by atoms with E-state index in [0.29, 0.717) is 30.0 Å². The van der Waals surface area contributed by atoms with Crippen LogP contribution in [0.15, 0.2) is 18.2 Å². The van der Waals surface area contributed by atoms with Gasteiger partial charge in [-0.15, -0.1) is 0 Å². The van der Waals surface area contributed by atoms with E-state index in [1.165, 1.54) is 0 Å². The third-order valence-corrected chi connectivity index (χ3v) is 4.07. The van der Waals surface area contributed by atoms with E-state index in [-0.39, 0.29) is 6.79 Å². The number of benzene rings is 1. The SMILES string of the molecule is CCC1(CC)C(=O)OC(Nc2ccc3c(c2)OCO3)OC1=O. The highest BCUT2D eigenvalue weighted by molar-refractivity contribution is 6.01. The van der Waals surface area contributed by atoms with Gasteiger partial charge in [-0.25, -0.2) is 0 Å². The summed E-state index contributed by atoms with van der Waals surface area (Å²) in [6, 6.07) is 5.13. The van der Waals surface area contributed by atoms with Crippen molar-refractivity contribution in [3.63, 3.8) is 0 Å². The molecule has 0 aromatic heterocycles. The van der Waals surface area contributed by atoms with Crippen molar-refractivity contribution in [2.75, 3.05) is 12.1 Å². The van der Waals surface area contributed by atoms with E-state index >= 15 is 0 Å². The zero-order valence-corrected chi connectivity index (χ0v) is 12.4. The van der Waals surface area contributed by atoms with Gasteiger partial charge < -0.3 is 24.3 Å². The fraction of sp³-hybridized carbons (Fsp3) is 0.467. The lowest BCUT2D eigenvalue weighted by Crippen LogP contribution is -2.51. The molecule has 1 fully saturated rings. The van der Waals surface area contributed by atoms with E-state index in [0.717, 1.165) is 0 Å². The highest BCUT2D eigenvalue weighted by atomic mass is 16.7. The van der Waals surface area contributed by atoms with Crippen LogP contribution >= 0.6 is 0 Å². The summed E-state index contributed by atoms with van der Waals surface area (Å²) in [6.45, 7) is 3.69. The molecule has 0 radical (unpaired) electrons. The summed E-state index contributed by atoms with van der Waals surface area (Å²) in [6.07, 6.45) is -0.456. The van der Waals surface area contributed by atoms with Crippen LogP contribution in [0.5, 0.6) is 11.5 Å². The minimum absolute atomic E-state index is 0.168. The van der Waals surface area contributed by atoms with Gasteiger partial charge in [0.1, 0.15) is 0 Å². The van der Waals surface area contributed by atoms with Gasteiger partial charge in [0.2, 0.25) is 6.79 Å². The van der Waals surface area contributed by atoms with Crippen LogP contribution in [-0.2, 0) is 19.1 Å². The standard InChI is InChI=1S/C15H17NO6/c1-3-15(4-2)12(17)21-14(22-13(15)18)16-9-5-6-10-11(7-9)20-8-19-10/h5-7,14,16H,3-4,8H2,1-2H3. The first-order chi connectivity index (χ1) is 10.6. The van der Waals surface area contributed by atoms with Gasteiger partial charge in [-0.1, -0.05) is 13.8 Å². The van der Waals surface area contributed by atoms with E-state index < -0.39 is 23.8 Å². The van der Waals surface area contributed by atoms with E-state index in [2.05, 4.69) is 5.32 Å². The number of ether oxygens (including phenoxy) is 4. The molecule has 1 N–H and O–H groups in total. The third-order valence-electron chi connectivity index (χ3n) is 4.07. The van der Waals surface area contributed by atoms with Crippen molar-refractivity contribution in [2.45, 2.75) is 33.1 Å². The Kier molecular flexibility index (Phi) is 3.56. The van der Waals surface area contributed by atoms with Crippen molar-refractivity contribution >= 4 is 17.6 Å². The first kappa shape index (κ1) is 14.5. The second kappa shape index (κ2) is 5.40. The second-order valence-corrected chi connectivity index (χ2v) is 5.14. The van der Waals surface area contributed by atoms with Gasteiger partial charge in [-0.3, -0.25) is 9.59 Å². The summed E-state index contributed by atoms with van der Waals surface area (Å²) in [7, 11) is 0. The molecule has 1 aromatic carbocycles. The van der Waals surface area contributed by atoms with E-state index in [9.17, 15) is 9.59 Å². The molecule has 0 spiro atoms. The lowest BCUT2D eigenvalue weighted by Gasteiger charge is -2.35. The maximum absolute atomic E-state index is 12.2. The topological polar surface area (TPSA) is 83.1 Å². The van der Waals surface area contributed by atoms with Gasteiger partial charge in [0, 0.05) is 11.8 Å². The Morgan fingerprint density at radius 1 is 1.09 bits per heavy atom. The zero-order valence-electron chi connectivity index (χ0n) is 12.4.